The molecule has 6 rings (SSSR count). The molecule has 0 aromatic heterocycles. The molecule has 5 atom stereocenters. The van der Waals surface area contributed by atoms with Crippen molar-refractivity contribution in [1.29, 1.82) is 0 Å². The molecule has 1 unspecified atom stereocenters. The first kappa shape index (κ1) is 17.6. The van der Waals surface area contributed by atoms with Crippen molar-refractivity contribution in [3.8, 4) is 5.75 Å². The van der Waals surface area contributed by atoms with Gasteiger partial charge in [-0.3, -0.25) is 4.79 Å². The SMILES string of the molecule is C[C@@]12C3[C@@H]1[C@@H]2C[C@H]3Oc1cc(F)c(C(=O)NS(=O)(=O)N2CC(F)C2)cc1Cl. The van der Waals surface area contributed by atoms with Crippen molar-refractivity contribution in [1.82, 2.24) is 9.03 Å². The van der Waals surface area contributed by atoms with Gasteiger partial charge in [-0.05, 0) is 29.7 Å². The average Bonchev–Trinajstić information content (AvgIpc) is 3.18. The minimum Gasteiger partial charge on any atom is -0.488 e. The van der Waals surface area contributed by atoms with Crippen LogP contribution in [0.5, 0.6) is 5.75 Å². The minimum atomic E-state index is -4.22. The fourth-order valence-corrected chi connectivity index (χ4v) is 6.37. The summed E-state index contributed by atoms with van der Waals surface area (Å²) in [4.78, 5) is 12.2. The summed E-state index contributed by atoms with van der Waals surface area (Å²) < 4.78 is 59.5. The predicted octanol–water partition coefficient (Wildman–Crippen LogP) is 2.14. The Bertz CT molecular complexity index is 962. The normalized spacial score (nSPS) is 36.7. The van der Waals surface area contributed by atoms with Crippen LogP contribution in [0.25, 0.3) is 0 Å². The lowest BCUT2D eigenvalue weighted by Crippen LogP contribution is -2.56. The molecule has 5 fully saturated rings. The largest absolute Gasteiger partial charge is 0.488 e. The first-order valence-electron chi connectivity index (χ1n) is 8.75. The van der Waals surface area contributed by atoms with Crippen LogP contribution in [0, 0.1) is 29.0 Å². The molecule has 0 spiro atoms. The van der Waals surface area contributed by atoms with Crippen LogP contribution in [0.2, 0.25) is 5.02 Å². The van der Waals surface area contributed by atoms with E-state index in [-0.39, 0.29) is 30.0 Å². The molecule has 1 heterocycles. The van der Waals surface area contributed by atoms with Crippen LogP contribution in [0.15, 0.2) is 12.1 Å². The maximum atomic E-state index is 14.4. The van der Waals surface area contributed by atoms with Gasteiger partial charge in [0, 0.05) is 25.1 Å². The van der Waals surface area contributed by atoms with Gasteiger partial charge in [0.25, 0.3) is 5.91 Å². The number of nitrogens with zero attached hydrogens (tertiary/aromatic N) is 1. The van der Waals surface area contributed by atoms with E-state index in [4.69, 9.17) is 16.3 Å². The zero-order chi connectivity index (χ0) is 19.3. The third-order valence-corrected chi connectivity index (χ3v) is 8.35. The predicted molar refractivity (Wildman–Crippen MR) is 91.9 cm³/mol. The molecule has 27 heavy (non-hydrogen) atoms. The van der Waals surface area contributed by atoms with E-state index in [1.807, 2.05) is 0 Å². The summed E-state index contributed by atoms with van der Waals surface area (Å²) >= 11 is 6.14. The van der Waals surface area contributed by atoms with Crippen molar-refractivity contribution in [3.63, 3.8) is 0 Å². The smallest absolute Gasteiger partial charge is 0.304 e. The molecule has 1 saturated heterocycles. The number of benzene rings is 1. The quantitative estimate of drug-likeness (QED) is 0.795. The molecule has 2 bridgehead atoms. The van der Waals surface area contributed by atoms with Crippen molar-refractivity contribution in [2.45, 2.75) is 25.6 Å². The summed E-state index contributed by atoms with van der Waals surface area (Å²) in [5.74, 6) is -0.0485. The summed E-state index contributed by atoms with van der Waals surface area (Å²) in [7, 11) is -4.22. The molecule has 4 aliphatic carbocycles. The number of ether oxygens (including phenoxy) is 1. The van der Waals surface area contributed by atoms with Gasteiger partial charge in [-0.15, -0.1) is 0 Å². The maximum Gasteiger partial charge on any atom is 0.304 e. The summed E-state index contributed by atoms with van der Waals surface area (Å²) in [6.07, 6.45) is -0.331. The molecule has 1 N–H and O–H groups in total. The number of nitrogens with one attached hydrogen (secondary N) is 1. The number of fused-ring (bicyclic) bond motifs is 1. The van der Waals surface area contributed by atoms with Crippen molar-refractivity contribution < 1.29 is 26.7 Å². The van der Waals surface area contributed by atoms with Crippen LogP contribution in [0.1, 0.15) is 23.7 Å². The Morgan fingerprint density at radius 1 is 1.37 bits per heavy atom. The number of rotatable bonds is 5. The highest BCUT2D eigenvalue weighted by Gasteiger charge is 2.90. The van der Waals surface area contributed by atoms with Crippen LogP contribution in [-0.2, 0) is 10.2 Å². The van der Waals surface area contributed by atoms with E-state index in [2.05, 4.69) is 6.92 Å². The molecule has 6 nitrogen and oxygen atoms in total. The van der Waals surface area contributed by atoms with Crippen LogP contribution >= 0.6 is 11.6 Å². The first-order valence-corrected chi connectivity index (χ1v) is 10.6. The van der Waals surface area contributed by atoms with Crippen LogP contribution in [0.3, 0.4) is 0 Å². The zero-order valence-corrected chi connectivity index (χ0v) is 15.9. The van der Waals surface area contributed by atoms with E-state index in [1.54, 1.807) is 4.72 Å². The van der Waals surface area contributed by atoms with E-state index < -0.39 is 33.7 Å². The highest BCUT2D eigenvalue weighted by Crippen LogP contribution is 2.91. The first-order chi connectivity index (χ1) is 12.6. The molecule has 10 heteroatoms. The Kier molecular flexibility index (Phi) is 3.48. The monoisotopic (exact) mass is 418 g/mol. The molecule has 4 saturated carbocycles. The third kappa shape index (κ3) is 2.44. The van der Waals surface area contributed by atoms with Gasteiger partial charge in [0.1, 0.15) is 23.8 Å². The number of carbonyl (C=O) groups is 1. The fourth-order valence-electron chi connectivity index (χ4n) is 4.97. The van der Waals surface area contributed by atoms with Crippen molar-refractivity contribution in [2.75, 3.05) is 13.1 Å². The van der Waals surface area contributed by atoms with Gasteiger partial charge < -0.3 is 4.74 Å². The standard InChI is InChI=1S/C17H17ClF2N2O4S/c1-17-9-3-13(15(17)14(9)17)26-12-4-11(20)8(2-10(12)18)16(23)21-27(24,25)22-5-7(19)6-22/h2,4,7,9,13-15H,3,5-6H2,1H3,(H,21,23)/t9-,13+,14-,15?,17-/m0/s1. The summed E-state index contributed by atoms with van der Waals surface area (Å²) in [6.45, 7) is 1.57. The second kappa shape index (κ2) is 5.33. The summed E-state index contributed by atoms with van der Waals surface area (Å²) in [6, 6.07) is 2.07. The van der Waals surface area contributed by atoms with Crippen LogP contribution < -0.4 is 9.46 Å². The second-order valence-corrected chi connectivity index (χ2v) is 10.1. The van der Waals surface area contributed by atoms with Gasteiger partial charge in [-0.2, -0.15) is 12.7 Å². The molecule has 1 aliphatic heterocycles. The molecule has 146 valence electrons. The van der Waals surface area contributed by atoms with Gasteiger partial charge in [-0.25, -0.2) is 13.5 Å². The van der Waals surface area contributed by atoms with Gasteiger partial charge in [-0.1, -0.05) is 18.5 Å². The highest BCUT2D eigenvalue weighted by atomic mass is 35.5. The lowest BCUT2D eigenvalue weighted by molar-refractivity contribution is 0.0964. The van der Waals surface area contributed by atoms with Gasteiger partial charge in [0.15, 0.2) is 0 Å². The molecule has 5 aliphatic rings. The van der Waals surface area contributed by atoms with Gasteiger partial charge >= 0.3 is 10.2 Å². The highest BCUT2D eigenvalue weighted by molar-refractivity contribution is 7.87. The average molecular weight is 419 g/mol. The number of halogens is 3. The van der Waals surface area contributed by atoms with E-state index in [0.29, 0.717) is 23.2 Å². The molecule has 1 amide bonds. The number of hydrogen-bond acceptors (Lipinski definition) is 4. The number of alkyl halides is 1. The minimum absolute atomic E-state index is 0.00187. The lowest BCUT2D eigenvalue weighted by atomic mass is 10.1. The zero-order valence-electron chi connectivity index (χ0n) is 14.3. The topological polar surface area (TPSA) is 75.7 Å². The Labute approximate surface area is 160 Å². The molecular formula is C17H17ClF2N2O4S. The molecule has 1 aromatic carbocycles. The summed E-state index contributed by atoms with van der Waals surface area (Å²) in [5, 5.41) is 0.0379. The number of hydrogen-bond donors (Lipinski definition) is 1. The van der Waals surface area contributed by atoms with Crippen molar-refractivity contribution in [2.24, 2.45) is 23.2 Å². The van der Waals surface area contributed by atoms with E-state index in [0.717, 1.165) is 22.9 Å². The summed E-state index contributed by atoms with van der Waals surface area (Å²) in [5.41, 5.74) is -0.124. The number of carbonyl (C=O) groups excluding carboxylic acids is 1. The number of amides is 1. The Morgan fingerprint density at radius 3 is 2.59 bits per heavy atom. The van der Waals surface area contributed by atoms with E-state index in [9.17, 15) is 22.0 Å². The third-order valence-electron chi connectivity index (χ3n) is 6.63. The van der Waals surface area contributed by atoms with Crippen LogP contribution in [-0.4, -0.2) is 44.0 Å². The second-order valence-electron chi connectivity index (χ2n) is 8.03. The fraction of sp³-hybridized carbons (Fsp3) is 0.588. The van der Waals surface area contributed by atoms with E-state index >= 15 is 0 Å². The van der Waals surface area contributed by atoms with Crippen molar-refractivity contribution >= 4 is 27.7 Å². The van der Waals surface area contributed by atoms with Gasteiger partial charge in [0.2, 0.25) is 0 Å². The van der Waals surface area contributed by atoms with Crippen molar-refractivity contribution in [3.05, 3.63) is 28.5 Å². The maximum absolute atomic E-state index is 14.4. The Hall–Kier alpha value is -1.45. The molecule has 0 radical (unpaired) electrons. The molecule has 1 aromatic rings. The van der Waals surface area contributed by atoms with Gasteiger partial charge in [0.05, 0.1) is 10.6 Å². The van der Waals surface area contributed by atoms with E-state index in [1.165, 1.54) is 0 Å². The Morgan fingerprint density at radius 2 is 2.04 bits per heavy atom. The lowest BCUT2D eigenvalue weighted by Gasteiger charge is -2.32. The Balaban J connectivity index is 1.30. The van der Waals surface area contributed by atoms with Crippen LogP contribution in [0.4, 0.5) is 8.78 Å². The molecular weight excluding hydrogens is 402 g/mol.